The van der Waals surface area contributed by atoms with Crippen LogP contribution in [0.4, 0.5) is 4.79 Å². The van der Waals surface area contributed by atoms with E-state index in [9.17, 15) is 9.59 Å². The fourth-order valence-corrected chi connectivity index (χ4v) is 3.48. The number of likely N-dealkylation sites (tertiary alicyclic amines) is 1. The van der Waals surface area contributed by atoms with E-state index in [2.05, 4.69) is 4.74 Å². The molecule has 2 atom stereocenters. The van der Waals surface area contributed by atoms with Crippen LogP contribution in [0.1, 0.15) is 12.0 Å². The monoisotopic (exact) mass is 295 g/mol. The number of amides is 1. The number of nitrogens with zero attached hydrogens (tertiary/aromatic N) is 1. The average Bonchev–Trinajstić information content (AvgIpc) is 2.90. The molecule has 1 saturated heterocycles. The molecular weight excluding hydrogens is 278 g/mol. The van der Waals surface area contributed by atoms with Crippen molar-refractivity contribution in [3.8, 4) is 0 Å². The molecule has 2 rings (SSSR count). The molecule has 0 aromatic heterocycles. The van der Waals surface area contributed by atoms with Gasteiger partial charge in [-0.3, -0.25) is 4.90 Å². The van der Waals surface area contributed by atoms with Crippen molar-refractivity contribution < 1.29 is 19.4 Å². The Morgan fingerprint density at radius 3 is 2.70 bits per heavy atom. The summed E-state index contributed by atoms with van der Waals surface area (Å²) in [6.45, 7) is 0.368. The van der Waals surface area contributed by atoms with E-state index in [0.29, 0.717) is 13.0 Å². The van der Waals surface area contributed by atoms with Gasteiger partial charge in [-0.2, -0.15) is 11.8 Å². The van der Waals surface area contributed by atoms with Crippen molar-refractivity contribution in [2.45, 2.75) is 23.5 Å². The molecule has 1 heterocycles. The van der Waals surface area contributed by atoms with Crippen LogP contribution >= 0.6 is 11.8 Å². The Balaban J connectivity index is 1.94. The van der Waals surface area contributed by atoms with Gasteiger partial charge < -0.3 is 9.84 Å². The normalized spacial score (nSPS) is 21.8. The topological polar surface area (TPSA) is 66.8 Å². The Hall–Kier alpha value is -1.69. The summed E-state index contributed by atoms with van der Waals surface area (Å²) in [5, 5.41) is 9.26. The molecule has 0 bridgehead atoms. The van der Waals surface area contributed by atoms with E-state index in [1.165, 1.54) is 17.6 Å². The number of carbonyl (C=O) groups excluding carboxylic acids is 1. The summed E-state index contributed by atoms with van der Waals surface area (Å²) >= 11 is 1.68. The largest absolute Gasteiger partial charge is 0.467 e. The van der Waals surface area contributed by atoms with Crippen molar-refractivity contribution in [1.29, 1.82) is 0 Å². The quantitative estimate of drug-likeness (QED) is 0.863. The summed E-state index contributed by atoms with van der Waals surface area (Å²) in [6.07, 6.45) is -0.556. The van der Waals surface area contributed by atoms with Crippen molar-refractivity contribution >= 4 is 23.8 Å². The molecule has 1 aliphatic heterocycles. The van der Waals surface area contributed by atoms with Gasteiger partial charge >= 0.3 is 12.1 Å². The number of benzene rings is 1. The Kier molecular flexibility index (Phi) is 4.89. The van der Waals surface area contributed by atoms with Gasteiger partial charge in [-0.25, -0.2) is 9.59 Å². The number of hydrogen-bond donors (Lipinski definition) is 1. The molecule has 1 fully saturated rings. The van der Waals surface area contributed by atoms with Gasteiger partial charge in [-0.15, -0.1) is 0 Å². The second-order valence-electron chi connectivity index (χ2n) is 4.63. The van der Waals surface area contributed by atoms with Gasteiger partial charge in [0.05, 0.1) is 7.11 Å². The molecule has 0 aliphatic carbocycles. The first-order chi connectivity index (χ1) is 9.61. The molecule has 1 amide bonds. The molecule has 0 saturated carbocycles. The van der Waals surface area contributed by atoms with Crippen LogP contribution in [0, 0.1) is 0 Å². The van der Waals surface area contributed by atoms with Gasteiger partial charge in [0.25, 0.3) is 0 Å². The van der Waals surface area contributed by atoms with Crippen molar-refractivity contribution in [1.82, 2.24) is 4.90 Å². The highest BCUT2D eigenvalue weighted by Crippen LogP contribution is 2.30. The lowest BCUT2D eigenvalue weighted by Gasteiger charge is -2.18. The molecule has 1 aromatic carbocycles. The Bertz CT molecular complexity index is 479. The zero-order valence-corrected chi connectivity index (χ0v) is 12.0. The van der Waals surface area contributed by atoms with E-state index in [-0.39, 0.29) is 5.25 Å². The summed E-state index contributed by atoms with van der Waals surface area (Å²) in [5.41, 5.74) is 1.20. The Labute approximate surface area is 121 Å². The number of hydrogen-bond acceptors (Lipinski definition) is 4. The molecule has 108 valence electrons. The van der Waals surface area contributed by atoms with Crippen molar-refractivity contribution in [3.05, 3.63) is 35.9 Å². The number of carboxylic acid groups (broad SMARTS) is 1. The second kappa shape index (κ2) is 6.65. The number of ether oxygens (including phenoxy) is 1. The first-order valence-corrected chi connectivity index (χ1v) is 7.39. The molecule has 20 heavy (non-hydrogen) atoms. The highest BCUT2D eigenvalue weighted by Gasteiger charge is 2.40. The van der Waals surface area contributed by atoms with Crippen LogP contribution in [0.3, 0.4) is 0 Å². The van der Waals surface area contributed by atoms with Crippen LogP contribution < -0.4 is 0 Å². The molecule has 1 aliphatic rings. The highest BCUT2D eigenvalue weighted by molar-refractivity contribution is 7.99. The molecule has 2 unspecified atom stereocenters. The first kappa shape index (κ1) is 14.7. The van der Waals surface area contributed by atoms with Crippen LogP contribution in [0.25, 0.3) is 0 Å². The zero-order chi connectivity index (χ0) is 14.5. The van der Waals surface area contributed by atoms with Crippen molar-refractivity contribution in [2.75, 3.05) is 13.7 Å². The minimum atomic E-state index is -1.07. The number of thioether (sulfide) groups is 1. The fraction of sp³-hybridized carbons (Fsp3) is 0.429. The molecule has 1 aromatic rings. The third-order valence-electron chi connectivity index (χ3n) is 3.31. The third kappa shape index (κ3) is 3.45. The summed E-state index contributed by atoms with van der Waals surface area (Å²) < 4.78 is 4.67. The number of rotatable bonds is 4. The maximum atomic E-state index is 11.6. The van der Waals surface area contributed by atoms with Gasteiger partial charge in [-0.1, -0.05) is 30.3 Å². The minimum absolute atomic E-state index is 0.121. The van der Waals surface area contributed by atoms with Gasteiger partial charge in [0, 0.05) is 17.5 Å². The SMILES string of the molecule is COC(=O)C1CC(SCc2ccccc2)CN1C(=O)O. The summed E-state index contributed by atoms with van der Waals surface area (Å²) in [4.78, 5) is 23.9. The van der Waals surface area contributed by atoms with E-state index < -0.39 is 18.1 Å². The molecular formula is C14H17NO4S. The van der Waals surface area contributed by atoms with Gasteiger partial charge in [0.2, 0.25) is 0 Å². The Morgan fingerprint density at radius 2 is 2.10 bits per heavy atom. The maximum Gasteiger partial charge on any atom is 0.408 e. The lowest BCUT2D eigenvalue weighted by atomic mass is 10.2. The first-order valence-electron chi connectivity index (χ1n) is 6.34. The van der Waals surface area contributed by atoms with Crippen LogP contribution in [0.2, 0.25) is 0 Å². The van der Waals surface area contributed by atoms with E-state index in [1.54, 1.807) is 11.8 Å². The smallest absolute Gasteiger partial charge is 0.408 e. The van der Waals surface area contributed by atoms with Crippen LogP contribution in [0.5, 0.6) is 0 Å². The molecule has 0 spiro atoms. The predicted octanol–water partition coefficient (Wildman–Crippen LogP) is 2.21. The van der Waals surface area contributed by atoms with Crippen LogP contribution in [-0.4, -0.2) is 47.0 Å². The Morgan fingerprint density at radius 1 is 1.40 bits per heavy atom. The van der Waals surface area contributed by atoms with Crippen LogP contribution in [-0.2, 0) is 15.3 Å². The number of esters is 1. The molecule has 0 radical (unpaired) electrons. The van der Waals surface area contributed by atoms with E-state index in [0.717, 1.165) is 5.75 Å². The molecule has 5 nitrogen and oxygen atoms in total. The maximum absolute atomic E-state index is 11.6. The van der Waals surface area contributed by atoms with E-state index in [4.69, 9.17) is 5.11 Å². The highest BCUT2D eigenvalue weighted by atomic mass is 32.2. The fourth-order valence-electron chi connectivity index (χ4n) is 2.28. The van der Waals surface area contributed by atoms with Gasteiger partial charge in [0.1, 0.15) is 6.04 Å². The minimum Gasteiger partial charge on any atom is -0.467 e. The van der Waals surface area contributed by atoms with Crippen molar-refractivity contribution in [3.63, 3.8) is 0 Å². The standard InChI is InChI=1S/C14H17NO4S/c1-19-13(16)12-7-11(8-15(12)14(17)18)20-9-10-5-3-2-4-6-10/h2-6,11-12H,7-9H2,1H3,(H,17,18). The number of carbonyl (C=O) groups is 2. The summed E-state index contributed by atoms with van der Waals surface area (Å²) in [6, 6.07) is 9.31. The summed E-state index contributed by atoms with van der Waals surface area (Å²) in [7, 11) is 1.28. The second-order valence-corrected chi connectivity index (χ2v) is 5.92. The summed E-state index contributed by atoms with van der Waals surface area (Å²) in [5.74, 6) is 0.336. The van der Waals surface area contributed by atoms with Gasteiger partial charge in [-0.05, 0) is 12.0 Å². The van der Waals surface area contributed by atoms with Crippen LogP contribution in [0.15, 0.2) is 30.3 Å². The van der Waals surface area contributed by atoms with E-state index in [1.807, 2.05) is 30.3 Å². The number of methoxy groups -OCH3 is 1. The third-order valence-corrected chi connectivity index (χ3v) is 4.62. The van der Waals surface area contributed by atoms with Crippen molar-refractivity contribution in [2.24, 2.45) is 0 Å². The molecule has 1 N–H and O–H groups in total. The molecule has 6 heteroatoms. The lowest BCUT2D eigenvalue weighted by Crippen LogP contribution is -2.40. The zero-order valence-electron chi connectivity index (χ0n) is 11.2. The van der Waals surface area contributed by atoms with E-state index >= 15 is 0 Å². The predicted molar refractivity (Wildman–Crippen MR) is 76.7 cm³/mol. The lowest BCUT2D eigenvalue weighted by molar-refractivity contribution is -0.145. The average molecular weight is 295 g/mol. The van der Waals surface area contributed by atoms with Gasteiger partial charge in [0.15, 0.2) is 0 Å².